The Morgan fingerprint density at radius 1 is 1.28 bits per heavy atom. The van der Waals surface area contributed by atoms with E-state index >= 15 is 0 Å². The molecule has 0 aliphatic carbocycles. The van der Waals surface area contributed by atoms with Crippen LogP contribution in [0.25, 0.3) is 0 Å². The maximum atomic E-state index is 11.4. The van der Waals surface area contributed by atoms with Gasteiger partial charge in [-0.15, -0.1) is 0 Å². The molecule has 1 N–H and O–H groups in total. The van der Waals surface area contributed by atoms with Gasteiger partial charge in [0, 0.05) is 13.8 Å². The van der Waals surface area contributed by atoms with Gasteiger partial charge in [-0.05, 0) is 17.8 Å². The van der Waals surface area contributed by atoms with Crippen LogP contribution < -0.4 is 5.32 Å². The quantitative estimate of drug-likeness (QED) is 0.497. The molecule has 0 unspecified atom stereocenters. The molecule has 0 saturated heterocycles. The van der Waals surface area contributed by atoms with Gasteiger partial charge in [-0.1, -0.05) is 30.3 Å². The Morgan fingerprint density at radius 2 is 1.89 bits per heavy atom. The lowest BCUT2D eigenvalue weighted by molar-refractivity contribution is -0.125. The van der Waals surface area contributed by atoms with Crippen LogP contribution in [0.4, 0.5) is 0 Å². The van der Waals surface area contributed by atoms with Crippen LogP contribution in [0.1, 0.15) is 19.4 Å². The molecule has 2 amide bonds. The second-order valence-electron chi connectivity index (χ2n) is 3.47. The van der Waals surface area contributed by atoms with Crippen LogP contribution in [0.15, 0.2) is 35.4 Å². The van der Waals surface area contributed by atoms with E-state index in [1.54, 1.807) is 0 Å². The SMILES string of the molecule is CC(=O)NC(=S)N(/N=C\c1ccccc1)C(C)=O. The Hall–Kier alpha value is -2.08. The molecule has 1 rings (SSSR count). The zero-order chi connectivity index (χ0) is 13.5. The summed E-state index contributed by atoms with van der Waals surface area (Å²) < 4.78 is 0. The maximum Gasteiger partial charge on any atom is 0.246 e. The van der Waals surface area contributed by atoms with E-state index in [2.05, 4.69) is 10.4 Å². The van der Waals surface area contributed by atoms with Crippen LogP contribution >= 0.6 is 12.2 Å². The average Bonchev–Trinajstić information content (AvgIpc) is 2.29. The summed E-state index contributed by atoms with van der Waals surface area (Å²) >= 11 is 4.90. The molecule has 0 aromatic heterocycles. The van der Waals surface area contributed by atoms with Gasteiger partial charge in [0.2, 0.25) is 16.9 Å². The molecular weight excluding hydrogens is 250 g/mol. The lowest BCUT2D eigenvalue weighted by Gasteiger charge is -2.15. The molecule has 18 heavy (non-hydrogen) atoms. The van der Waals surface area contributed by atoms with Crippen molar-refractivity contribution >= 4 is 35.4 Å². The van der Waals surface area contributed by atoms with Crippen molar-refractivity contribution in [1.29, 1.82) is 0 Å². The van der Waals surface area contributed by atoms with E-state index in [9.17, 15) is 9.59 Å². The number of hydrogen-bond acceptors (Lipinski definition) is 4. The van der Waals surface area contributed by atoms with E-state index in [1.165, 1.54) is 20.1 Å². The van der Waals surface area contributed by atoms with Crippen LogP contribution in [0.5, 0.6) is 0 Å². The summed E-state index contributed by atoms with van der Waals surface area (Å²) in [6.07, 6.45) is 1.50. The molecule has 94 valence electrons. The summed E-state index contributed by atoms with van der Waals surface area (Å²) in [5.74, 6) is -0.720. The Kier molecular flexibility index (Phi) is 5.13. The van der Waals surface area contributed by atoms with Crippen molar-refractivity contribution in [3.05, 3.63) is 35.9 Å². The standard InChI is InChI=1S/C12H13N3O2S/c1-9(16)14-12(18)15(10(2)17)13-8-11-6-4-3-5-7-11/h3-8H,1-2H3,(H,14,16,18)/b13-8-. The zero-order valence-corrected chi connectivity index (χ0v) is 10.9. The summed E-state index contributed by atoms with van der Waals surface area (Å²) in [7, 11) is 0. The number of nitrogens with zero attached hydrogens (tertiary/aromatic N) is 2. The second-order valence-corrected chi connectivity index (χ2v) is 3.86. The van der Waals surface area contributed by atoms with E-state index in [1.807, 2.05) is 30.3 Å². The van der Waals surface area contributed by atoms with Gasteiger partial charge in [-0.2, -0.15) is 10.1 Å². The summed E-state index contributed by atoms with van der Waals surface area (Å²) in [5, 5.41) is 7.22. The fourth-order valence-electron chi connectivity index (χ4n) is 1.14. The van der Waals surface area contributed by atoms with Gasteiger partial charge >= 0.3 is 0 Å². The summed E-state index contributed by atoms with van der Waals surface area (Å²) in [6.45, 7) is 2.63. The minimum absolute atomic E-state index is 0.0396. The van der Waals surface area contributed by atoms with Gasteiger partial charge in [0.05, 0.1) is 6.21 Å². The number of carbonyl (C=O) groups is 2. The fraction of sp³-hybridized carbons (Fsp3) is 0.167. The van der Waals surface area contributed by atoms with Crippen molar-refractivity contribution in [1.82, 2.24) is 10.3 Å². The number of benzene rings is 1. The highest BCUT2D eigenvalue weighted by molar-refractivity contribution is 7.80. The lowest BCUT2D eigenvalue weighted by Crippen LogP contribution is -2.41. The van der Waals surface area contributed by atoms with E-state index in [-0.39, 0.29) is 16.9 Å². The zero-order valence-electron chi connectivity index (χ0n) is 10.1. The largest absolute Gasteiger partial charge is 0.301 e. The Labute approximate surface area is 110 Å². The van der Waals surface area contributed by atoms with Crippen LogP contribution in [0.3, 0.4) is 0 Å². The Balaban J connectivity index is 2.81. The summed E-state index contributed by atoms with van der Waals surface area (Å²) in [4.78, 5) is 22.2. The molecule has 1 aromatic carbocycles. The van der Waals surface area contributed by atoms with Crippen molar-refractivity contribution in [3.63, 3.8) is 0 Å². The van der Waals surface area contributed by atoms with Gasteiger partial charge in [0.15, 0.2) is 0 Å². The molecule has 0 atom stereocenters. The van der Waals surface area contributed by atoms with Gasteiger partial charge in [-0.25, -0.2) is 0 Å². The van der Waals surface area contributed by atoms with Crippen molar-refractivity contribution in [2.75, 3.05) is 0 Å². The number of amides is 2. The van der Waals surface area contributed by atoms with Crippen LogP contribution in [-0.4, -0.2) is 28.2 Å². The van der Waals surface area contributed by atoms with E-state index in [0.29, 0.717) is 0 Å². The minimum Gasteiger partial charge on any atom is -0.301 e. The predicted molar refractivity (Wildman–Crippen MR) is 73.0 cm³/mol. The first-order chi connectivity index (χ1) is 8.50. The molecule has 0 aliphatic heterocycles. The number of hydrazone groups is 1. The Morgan fingerprint density at radius 3 is 2.39 bits per heavy atom. The monoisotopic (exact) mass is 263 g/mol. The van der Waals surface area contributed by atoms with Crippen molar-refractivity contribution in [2.24, 2.45) is 5.10 Å². The molecule has 0 saturated carbocycles. The van der Waals surface area contributed by atoms with E-state index in [0.717, 1.165) is 10.6 Å². The third-order valence-corrected chi connectivity index (χ3v) is 2.17. The second kappa shape index (κ2) is 6.61. The van der Waals surface area contributed by atoms with E-state index < -0.39 is 0 Å². The van der Waals surface area contributed by atoms with Gasteiger partial charge in [0.1, 0.15) is 0 Å². The first-order valence-electron chi connectivity index (χ1n) is 5.22. The predicted octanol–water partition coefficient (Wildman–Crippen LogP) is 1.29. The molecule has 0 bridgehead atoms. The molecule has 0 heterocycles. The van der Waals surface area contributed by atoms with E-state index in [4.69, 9.17) is 12.2 Å². The average molecular weight is 263 g/mol. The highest BCUT2D eigenvalue weighted by atomic mass is 32.1. The Bertz CT molecular complexity index is 485. The minimum atomic E-state index is -0.374. The number of carbonyl (C=O) groups excluding carboxylic acids is 2. The molecule has 1 aromatic rings. The van der Waals surface area contributed by atoms with Gasteiger partial charge in [0.25, 0.3) is 0 Å². The number of rotatable bonds is 2. The van der Waals surface area contributed by atoms with Crippen LogP contribution in [-0.2, 0) is 9.59 Å². The summed E-state index contributed by atoms with van der Waals surface area (Å²) in [5.41, 5.74) is 0.828. The third-order valence-electron chi connectivity index (χ3n) is 1.90. The molecule has 0 radical (unpaired) electrons. The lowest BCUT2D eigenvalue weighted by atomic mass is 10.2. The molecule has 0 spiro atoms. The smallest absolute Gasteiger partial charge is 0.246 e. The molecule has 5 nitrogen and oxygen atoms in total. The van der Waals surface area contributed by atoms with Gasteiger partial charge in [-0.3, -0.25) is 9.59 Å². The maximum absolute atomic E-state index is 11.4. The van der Waals surface area contributed by atoms with Crippen LogP contribution in [0, 0.1) is 0 Å². The molecular formula is C12H13N3O2S. The number of hydrogen-bond donors (Lipinski definition) is 1. The van der Waals surface area contributed by atoms with Crippen molar-refractivity contribution in [3.8, 4) is 0 Å². The molecule has 0 aliphatic rings. The number of thiocarbonyl (C=S) groups is 1. The first kappa shape index (κ1) is 14.0. The van der Waals surface area contributed by atoms with Crippen LogP contribution in [0.2, 0.25) is 0 Å². The molecule has 0 fully saturated rings. The summed E-state index contributed by atoms with van der Waals surface area (Å²) in [6, 6.07) is 9.26. The normalized spacial score (nSPS) is 10.1. The van der Waals surface area contributed by atoms with Gasteiger partial charge < -0.3 is 5.32 Å². The molecule has 6 heteroatoms. The highest BCUT2D eigenvalue weighted by Crippen LogP contribution is 1.97. The fourth-order valence-corrected chi connectivity index (χ4v) is 1.46. The van der Waals surface area contributed by atoms with Crippen molar-refractivity contribution < 1.29 is 9.59 Å². The third kappa shape index (κ3) is 4.42. The van der Waals surface area contributed by atoms with Crippen molar-refractivity contribution in [2.45, 2.75) is 13.8 Å². The topological polar surface area (TPSA) is 61.8 Å². The highest BCUT2D eigenvalue weighted by Gasteiger charge is 2.13. The first-order valence-corrected chi connectivity index (χ1v) is 5.63. The number of nitrogens with one attached hydrogen (secondary N) is 1.